The maximum atomic E-state index is 12.3. The van der Waals surface area contributed by atoms with Gasteiger partial charge in [-0.25, -0.2) is 0 Å². The molecule has 3 aromatic rings. The van der Waals surface area contributed by atoms with Crippen molar-refractivity contribution in [1.29, 1.82) is 0 Å². The van der Waals surface area contributed by atoms with Gasteiger partial charge in [-0.2, -0.15) is 4.99 Å². The molecule has 0 radical (unpaired) electrons. The van der Waals surface area contributed by atoms with Crippen LogP contribution in [-0.4, -0.2) is 15.4 Å². The highest BCUT2D eigenvalue weighted by molar-refractivity contribution is 7.16. The van der Waals surface area contributed by atoms with Gasteiger partial charge in [-0.15, -0.1) is 6.42 Å². The van der Waals surface area contributed by atoms with Crippen molar-refractivity contribution < 1.29 is 9.72 Å². The van der Waals surface area contributed by atoms with Crippen molar-refractivity contribution in [3.63, 3.8) is 0 Å². The molecule has 0 N–H and O–H groups in total. The molecule has 27 heavy (non-hydrogen) atoms. The zero-order valence-electron chi connectivity index (χ0n) is 14.6. The lowest BCUT2D eigenvalue weighted by Gasteiger charge is -2.02. The van der Waals surface area contributed by atoms with E-state index < -0.39 is 10.8 Å². The molecular formula is C19H15N3O3S2. The number of rotatable bonds is 4. The number of fused-ring (bicyclic) bond motifs is 1. The normalized spacial score (nSPS) is 12.0. The second kappa shape index (κ2) is 7.70. The minimum absolute atomic E-state index is 0.0289. The highest BCUT2D eigenvalue weighted by atomic mass is 32.1. The number of nitrogens with zero attached hydrogens (tertiary/aromatic N) is 3. The Morgan fingerprint density at radius 2 is 2.15 bits per heavy atom. The quantitative estimate of drug-likeness (QED) is 0.288. The number of terminal acetylenes is 1. The molecule has 0 unspecified atom stereocenters. The fourth-order valence-corrected chi connectivity index (χ4v) is 4.47. The second-order valence-corrected chi connectivity index (χ2v) is 7.89. The first-order chi connectivity index (χ1) is 12.9. The molecule has 0 fully saturated rings. The molecule has 0 saturated carbocycles. The van der Waals surface area contributed by atoms with Crippen LogP contribution in [0, 0.1) is 36.3 Å². The Kier molecular flexibility index (Phi) is 5.35. The van der Waals surface area contributed by atoms with Crippen LogP contribution in [0.25, 0.3) is 16.3 Å². The number of aryl methyl sites for hydroxylation is 2. The van der Waals surface area contributed by atoms with Gasteiger partial charge in [0.05, 0.1) is 21.7 Å². The zero-order valence-corrected chi connectivity index (χ0v) is 16.3. The van der Waals surface area contributed by atoms with E-state index in [2.05, 4.69) is 17.0 Å². The monoisotopic (exact) mass is 397 g/mol. The summed E-state index contributed by atoms with van der Waals surface area (Å²) in [5.41, 5.74) is 3.18. The van der Waals surface area contributed by atoms with E-state index in [0.29, 0.717) is 16.2 Å². The summed E-state index contributed by atoms with van der Waals surface area (Å²) in [6.07, 6.45) is 8.32. The van der Waals surface area contributed by atoms with Gasteiger partial charge in [-0.3, -0.25) is 14.9 Å². The van der Waals surface area contributed by atoms with Crippen molar-refractivity contribution >= 4 is 49.9 Å². The SMILES string of the molecule is C#CCn1c(=NC(=O)C=Cc2ccc([N+](=O)[O-])s2)sc2c(C)cc(C)cc21. The minimum atomic E-state index is -0.460. The maximum Gasteiger partial charge on any atom is 0.324 e. The smallest absolute Gasteiger partial charge is 0.305 e. The number of carbonyl (C=O) groups excluding carboxylic acids is 1. The van der Waals surface area contributed by atoms with Gasteiger partial charge in [-0.05, 0) is 43.2 Å². The summed E-state index contributed by atoms with van der Waals surface area (Å²) in [5.74, 6) is 2.16. The Bertz CT molecular complexity index is 1190. The van der Waals surface area contributed by atoms with Crippen LogP contribution in [0.2, 0.25) is 0 Å². The Labute approximate surface area is 163 Å². The first-order valence-electron chi connectivity index (χ1n) is 7.94. The van der Waals surface area contributed by atoms with E-state index in [9.17, 15) is 14.9 Å². The van der Waals surface area contributed by atoms with Gasteiger partial charge in [0.15, 0.2) is 4.80 Å². The lowest BCUT2D eigenvalue weighted by molar-refractivity contribution is -0.380. The Balaban J connectivity index is 1.99. The van der Waals surface area contributed by atoms with Gasteiger partial charge >= 0.3 is 5.00 Å². The minimum Gasteiger partial charge on any atom is -0.305 e. The van der Waals surface area contributed by atoms with Crippen molar-refractivity contribution in [1.82, 2.24) is 4.57 Å². The van der Waals surface area contributed by atoms with E-state index in [0.717, 1.165) is 32.7 Å². The Hall–Kier alpha value is -3.02. The van der Waals surface area contributed by atoms with Crippen LogP contribution in [0.4, 0.5) is 5.00 Å². The van der Waals surface area contributed by atoms with E-state index in [1.165, 1.54) is 29.6 Å². The molecule has 0 saturated heterocycles. The van der Waals surface area contributed by atoms with Crippen molar-refractivity contribution in [3.8, 4) is 12.3 Å². The van der Waals surface area contributed by atoms with E-state index in [1.54, 1.807) is 6.07 Å². The van der Waals surface area contributed by atoms with E-state index in [4.69, 9.17) is 6.42 Å². The molecular weight excluding hydrogens is 382 g/mol. The summed E-state index contributed by atoms with van der Waals surface area (Å²) in [6.45, 7) is 4.34. The fourth-order valence-electron chi connectivity index (χ4n) is 2.66. The lowest BCUT2D eigenvalue weighted by atomic mass is 10.1. The van der Waals surface area contributed by atoms with Crippen LogP contribution in [-0.2, 0) is 11.3 Å². The van der Waals surface area contributed by atoms with Gasteiger partial charge < -0.3 is 4.57 Å². The van der Waals surface area contributed by atoms with Crippen LogP contribution in [0.15, 0.2) is 35.3 Å². The van der Waals surface area contributed by atoms with Crippen molar-refractivity contribution in [2.24, 2.45) is 4.99 Å². The van der Waals surface area contributed by atoms with Crippen molar-refractivity contribution in [2.75, 3.05) is 0 Å². The van der Waals surface area contributed by atoms with Gasteiger partial charge in [-0.1, -0.05) is 34.7 Å². The lowest BCUT2D eigenvalue weighted by Crippen LogP contribution is -2.15. The molecule has 2 heterocycles. The number of benzene rings is 1. The van der Waals surface area contributed by atoms with Crippen LogP contribution in [0.1, 0.15) is 16.0 Å². The Morgan fingerprint density at radius 1 is 1.37 bits per heavy atom. The summed E-state index contributed by atoms with van der Waals surface area (Å²) < 4.78 is 2.89. The van der Waals surface area contributed by atoms with Crippen LogP contribution in [0.3, 0.4) is 0 Å². The molecule has 8 heteroatoms. The van der Waals surface area contributed by atoms with Crippen LogP contribution in [0.5, 0.6) is 0 Å². The molecule has 0 spiro atoms. The second-order valence-electron chi connectivity index (χ2n) is 5.82. The summed E-state index contributed by atoms with van der Waals surface area (Å²) in [7, 11) is 0. The highest BCUT2D eigenvalue weighted by Gasteiger charge is 2.10. The molecule has 0 aliphatic heterocycles. The molecule has 0 aliphatic rings. The number of hydrogen-bond donors (Lipinski definition) is 0. The third kappa shape index (κ3) is 4.05. The molecule has 0 atom stereocenters. The van der Waals surface area contributed by atoms with E-state index in [-0.39, 0.29) is 5.00 Å². The van der Waals surface area contributed by atoms with Gasteiger partial charge in [0.25, 0.3) is 5.91 Å². The van der Waals surface area contributed by atoms with Crippen molar-refractivity contribution in [3.05, 3.63) is 61.3 Å². The molecule has 0 bridgehead atoms. The average molecular weight is 397 g/mol. The third-order valence-electron chi connectivity index (χ3n) is 3.75. The Morgan fingerprint density at radius 3 is 2.81 bits per heavy atom. The number of hydrogen-bond acceptors (Lipinski definition) is 5. The molecule has 136 valence electrons. The molecule has 3 rings (SSSR count). The number of thiophene rings is 1. The van der Waals surface area contributed by atoms with E-state index >= 15 is 0 Å². The van der Waals surface area contributed by atoms with Crippen LogP contribution >= 0.6 is 22.7 Å². The number of aromatic nitrogens is 1. The molecule has 0 aliphatic carbocycles. The number of thiazole rings is 1. The zero-order chi connectivity index (χ0) is 19.6. The predicted octanol–water partition coefficient (Wildman–Crippen LogP) is 4.06. The molecule has 1 amide bonds. The van der Waals surface area contributed by atoms with Gasteiger partial charge in [0, 0.05) is 17.0 Å². The topological polar surface area (TPSA) is 77.5 Å². The summed E-state index contributed by atoms with van der Waals surface area (Å²) in [4.78, 5) is 27.8. The largest absolute Gasteiger partial charge is 0.324 e. The summed E-state index contributed by atoms with van der Waals surface area (Å²) >= 11 is 2.42. The number of carbonyl (C=O) groups is 1. The molecule has 6 nitrogen and oxygen atoms in total. The number of nitro groups is 1. The highest BCUT2D eigenvalue weighted by Crippen LogP contribution is 2.25. The fraction of sp³-hybridized carbons (Fsp3) is 0.158. The molecule has 2 aromatic heterocycles. The molecule has 1 aromatic carbocycles. The third-order valence-corrected chi connectivity index (χ3v) is 5.98. The number of amides is 1. The average Bonchev–Trinajstić information content (AvgIpc) is 3.20. The van der Waals surface area contributed by atoms with Gasteiger partial charge in [0.2, 0.25) is 0 Å². The summed E-state index contributed by atoms with van der Waals surface area (Å²) in [5, 5.41) is 10.7. The first kappa shape index (κ1) is 18.8. The van der Waals surface area contributed by atoms with Gasteiger partial charge in [0.1, 0.15) is 0 Å². The van der Waals surface area contributed by atoms with Crippen LogP contribution < -0.4 is 4.80 Å². The van der Waals surface area contributed by atoms with Crippen molar-refractivity contribution in [2.45, 2.75) is 20.4 Å². The van der Waals surface area contributed by atoms with E-state index in [1.807, 2.05) is 24.5 Å². The first-order valence-corrected chi connectivity index (χ1v) is 9.57. The maximum absolute atomic E-state index is 12.3. The summed E-state index contributed by atoms with van der Waals surface area (Å²) in [6, 6.07) is 7.11. The predicted molar refractivity (Wildman–Crippen MR) is 109 cm³/mol. The standard InChI is InChI=1S/C19H15N3O3S2/c1-4-9-21-15-11-12(2)10-13(3)18(15)27-19(21)20-16(23)7-5-14-6-8-17(26-14)22(24)25/h1,5-8,10-11H,9H2,2-3H3.